The summed E-state index contributed by atoms with van der Waals surface area (Å²) >= 11 is 3.50. The van der Waals surface area contributed by atoms with Gasteiger partial charge in [0.15, 0.2) is 0 Å². The van der Waals surface area contributed by atoms with Crippen LogP contribution in [0.1, 0.15) is 30.5 Å². The van der Waals surface area contributed by atoms with Crippen LogP contribution in [0.3, 0.4) is 0 Å². The summed E-state index contributed by atoms with van der Waals surface area (Å²) in [5.41, 5.74) is 10.1. The molecule has 0 aliphatic rings. The van der Waals surface area contributed by atoms with E-state index >= 15 is 0 Å². The summed E-state index contributed by atoms with van der Waals surface area (Å²) in [6.07, 6.45) is 0.943. The van der Waals surface area contributed by atoms with Crippen molar-refractivity contribution in [3.8, 4) is 0 Å². The lowest BCUT2D eigenvalue weighted by molar-refractivity contribution is 0.632. The van der Waals surface area contributed by atoms with Gasteiger partial charge in [-0.15, -0.1) is 0 Å². The van der Waals surface area contributed by atoms with Gasteiger partial charge >= 0.3 is 0 Å². The van der Waals surface area contributed by atoms with Gasteiger partial charge in [0.05, 0.1) is 0 Å². The number of rotatable bonds is 6. The molecule has 0 saturated carbocycles. The standard InChI is InChI=1S/C18H23BrN2/c1-3-21(17-9-4-6-14(2)12-17)11-10-18(20)15-7-5-8-16(19)13-15/h4-9,12-13,18H,3,10-11,20H2,1-2H3. The molecule has 2 nitrogen and oxygen atoms in total. The molecule has 0 aliphatic carbocycles. The second-order valence-corrected chi connectivity index (χ2v) is 6.28. The number of nitrogens with two attached hydrogens (primary N) is 1. The summed E-state index contributed by atoms with van der Waals surface area (Å²) in [5, 5.41) is 0. The fourth-order valence-corrected chi connectivity index (χ4v) is 2.91. The molecule has 0 bridgehead atoms. The fourth-order valence-electron chi connectivity index (χ4n) is 2.49. The van der Waals surface area contributed by atoms with E-state index in [1.54, 1.807) is 0 Å². The first kappa shape index (κ1) is 16.1. The number of aryl methyl sites for hydroxylation is 1. The summed E-state index contributed by atoms with van der Waals surface area (Å²) in [6.45, 7) is 6.28. The van der Waals surface area contributed by atoms with Gasteiger partial charge in [0.2, 0.25) is 0 Å². The van der Waals surface area contributed by atoms with Crippen LogP contribution in [0.5, 0.6) is 0 Å². The molecule has 0 spiro atoms. The van der Waals surface area contributed by atoms with Crippen LogP contribution < -0.4 is 10.6 Å². The molecular formula is C18H23BrN2. The van der Waals surface area contributed by atoms with Gasteiger partial charge in [0.25, 0.3) is 0 Å². The molecule has 2 aromatic rings. The predicted molar refractivity (Wildman–Crippen MR) is 94.8 cm³/mol. The van der Waals surface area contributed by atoms with E-state index < -0.39 is 0 Å². The SMILES string of the molecule is CCN(CCC(N)c1cccc(Br)c1)c1cccc(C)c1. The molecular weight excluding hydrogens is 324 g/mol. The summed E-state index contributed by atoms with van der Waals surface area (Å²) in [7, 11) is 0. The Morgan fingerprint density at radius 2 is 1.90 bits per heavy atom. The van der Waals surface area contributed by atoms with E-state index in [2.05, 4.69) is 71.1 Å². The Labute approximate surface area is 136 Å². The average Bonchev–Trinajstić information content (AvgIpc) is 2.48. The number of halogens is 1. The Hall–Kier alpha value is -1.32. The van der Waals surface area contributed by atoms with Crippen LogP contribution in [0.25, 0.3) is 0 Å². The van der Waals surface area contributed by atoms with Gasteiger partial charge in [0, 0.05) is 29.3 Å². The summed E-state index contributed by atoms with van der Waals surface area (Å²) in [4.78, 5) is 2.38. The topological polar surface area (TPSA) is 29.3 Å². The fraction of sp³-hybridized carbons (Fsp3) is 0.333. The third-order valence-electron chi connectivity index (χ3n) is 3.74. The van der Waals surface area contributed by atoms with E-state index in [-0.39, 0.29) is 6.04 Å². The Bertz CT molecular complexity index is 583. The number of benzene rings is 2. The molecule has 1 unspecified atom stereocenters. The summed E-state index contributed by atoms with van der Waals surface area (Å²) in [6, 6.07) is 17.0. The smallest absolute Gasteiger partial charge is 0.0368 e. The van der Waals surface area contributed by atoms with Crippen molar-refractivity contribution in [2.75, 3.05) is 18.0 Å². The van der Waals surface area contributed by atoms with Gasteiger partial charge in [0.1, 0.15) is 0 Å². The number of nitrogens with zero attached hydrogens (tertiary/aromatic N) is 1. The molecule has 21 heavy (non-hydrogen) atoms. The van der Waals surface area contributed by atoms with E-state index in [4.69, 9.17) is 5.73 Å². The normalized spacial score (nSPS) is 12.2. The predicted octanol–water partition coefficient (Wildman–Crippen LogP) is 4.67. The first-order chi connectivity index (χ1) is 10.1. The van der Waals surface area contributed by atoms with E-state index in [1.165, 1.54) is 16.8 Å². The molecule has 0 heterocycles. The van der Waals surface area contributed by atoms with Crippen LogP contribution in [0.15, 0.2) is 53.0 Å². The van der Waals surface area contributed by atoms with Gasteiger partial charge in [-0.3, -0.25) is 0 Å². The number of hydrogen-bond donors (Lipinski definition) is 1. The Morgan fingerprint density at radius 1 is 1.14 bits per heavy atom. The number of anilines is 1. The quantitative estimate of drug-likeness (QED) is 0.823. The summed E-state index contributed by atoms with van der Waals surface area (Å²) < 4.78 is 1.08. The Morgan fingerprint density at radius 3 is 2.57 bits per heavy atom. The third-order valence-corrected chi connectivity index (χ3v) is 4.23. The van der Waals surface area contributed by atoms with Gasteiger partial charge in [-0.1, -0.05) is 40.2 Å². The van der Waals surface area contributed by atoms with E-state index in [0.29, 0.717) is 0 Å². The molecule has 2 N–H and O–H groups in total. The van der Waals surface area contributed by atoms with Crippen molar-refractivity contribution in [1.82, 2.24) is 0 Å². The van der Waals surface area contributed by atoms with E-state index in [1.807, 2.05) is 12.1 Å². The molecule has 0 aliphatic heterocycles. The van der Waals surface area contributed by atoms with Crippen molar-refractivity contribution in [3.05, 3.63) is 64.1 Å². The van der Waals surface area contributed by atoms with E-state index in [0.717, 1.165) is 24.0 Å². The highest BCUT2D eigenvalue weighted by Crippen LogP contribution is 2.21. The minimum absolute atomic E-state index is 0.0707. The first-order valence-corrected chi connectivity index (χ1v) is 8.22. The van der Waals surface area contributed by atoms with Crippen molar-refractivity contribution < 1.29 is 0 Å². The molecule has 0 radical (unpaired) electrons. The highest BCUT2D eigenvalue weighted by atomic mass is 79.9. The zero-order chi connectivity index (χ0) is 15.2. The second kappa shape index (κ2) is 7.62. The molecule has 0 saturated heterocycles. The summed E-state index contributed by atoms with van der Waals surface area (Å²) in [5.74, 6) is 0. The van der Waals surface area contributed by atoms with Crippen molar-refractivity contribution in [3.63, 3.8) is 0 Å². The molecule has 0 aromatic heterocycles. The van der Waals surface area contributed by atoms with Gasteiger partial charge in [-0.05, 0) is 55.7 Å². The Balaban J connectivity index is 2.00. The highest BCUT2D eigenvalue weighted by Gasteiger charge is 2.10. The van der Waals surface area contributed by atoms with Crippen LogP contribution in [-0.2, 0) is 0 Å². The zero-order valence-electron chi connectivity index (χ0n) is 12.7. The van der Waals surface area contributed by atoms with Crippen molar-refractivity contribution in [1.29, 1.82) is 0 Å². The lowest BCUT2D eigenvalue weighted by atomic mass is 10.0. The average molecular weight is 347 g/mol. The first-order valence-electron chi connectivity index (χ1n) is 7.43. The van der Waals surface area contributed by atoms with Gasteiger partial charge in [-0.2, -0.15) is 0 Å². The Kier molecular flexibility index (Phi) is 5.83. The van der Waals surface area contributed by atoms with Crippen LogP contribution >= 0.6 is 15.9 Å². The molecule has 0 amide bonds. The maximum Gasteiger partial charge on any atom is 0.0368 e. The highest BCUT2D eigenvalue weighted by molar-refractivity contribution is 9.10. The minimum atomic E-state index is 0.0707. The molecule has 2 rings (SSSR count). The van der Waals surface area contributed by atoms with Crippen LogP contribution in [0.2, 0.25) is 0 Å². The lowest BCUT2D eigenvalue weighted by Gasteiger charge is -2.25. The van der Waals surface area contributed by atoms with E-state index in [9.17, 15) is 0 Å². The maximum absolute atomic E-state index is 6.33. The number of hydrogen-bond acceptors (Lipinski definition) is 2. The van der Waals surface area contributed by atoms with Crippen molar-refractivity contribution >= 4 is 21.6 Å². The molecule has 2 aromatic carbocycles. The van der Waals surface area contributed by atoms with Crippen LogP contribution in [0, 0.1) is 6.92 Å². The molecule has 0 fully saturated rings. The third kappa shape index (κ3) is 4.58. The molecule has 112 valence electrons. The minimum Gasteiger partial charge on any atom is -0.372 e. The second-order valence-electron chi connectivity index (χ2n) is 5.37. The largest absolute Gasteiger partial charge is 0.372 e. The van der Waals surface area contributed by atoms with Crippen LogP contribution in [0.4, 0.5) is 5.69 Å². The lowest BCUT2D eigenvalue weighted by Crippen LogP contribution is -2.27. The van der Waals surface area contributed by atoms with Gasteiger partial charge in [-0.25, -0.2) is 0 Å². The monoisotopic (exact) mass is 346 g/mol. The zero-order valence-corrected chi connectivity index (χ0v) is 14.3. The maximum atomic E-state index is 6.33. The van der Waals surface area contributed by atoms with Crippen molar-refractivity contribution in [2.24, 2.45) is 5.73 Å². The molecule has 1 atom stereocenters. The van der Waals surface area contributed by atoms with Gasteiger partial charge < -0.3 is 10.6 Å². The van der Waals surface area contributed by atoms with Crippen molar-refractivity contribution in [2.45, 2.75) is 26.3 Å². The van der Waals surface area contributed by atoms with Crippen LogP contribution in [-0.4, -0.2) is 13.1 Å². The molecule has 3 heteroatoms.